The van der Waals surface area contributed by atoms with Gasteiger partial charge in [-0.05, 0) is 22.9 Å². The van der Waals surface area contributed by atoms with Crippen molar-refractivity contribution in [1.29, 1.82) is 0 Å². The number of rotatable bonds is 0. The van der Waals surface area contributed by atoms with Crippen LogP contribution in [0.15, 0.2) is 15.2 Å². The van der Waals surface area contributed by atoms with Crippen molar-refractivity contribution < 1.29 is 4.52 Å². The fourth-order valence-corrected chi connectivity index (χ4v) is 0.731. The monoisotopic (exact) mass is 161 g/mol. The summed E-state index contributed by atoms with van der Waals surface area (Å²) in [5, 5.41) is 3.56. The van der Waals surface area contributed by atoms with Gasteiger partial charge in [0.15, 0.2) is 0 Å². The number of hydrogen-bond acceptors (Lipinski definition) is 2. The molecule has 0 fully saturated rings. The third-order valence-corrected chi connectivity index (χ3v) is 0.973. The van der Waals surface area contributed by atoms with E-state index in [1.165, 1.54) is 0 Å². The third kappa shape index (κ3) is 1.03. The van der Waals surface area contributed by atoms with Crippen molar-refractivity contribution >= 4 is 15.9 Å². The Kier molecular flexibility index (Phi) is 1.15. The largest absolute Gasteiger partial charge is 0.361 e. The van der Waals surface area contributed by atoms with Crippen molar-refractivity contribution in [3.63, 3.8) is 0 Å². The minimum Gasteiger partial charge on any atom is -0.361 e. The Hall–Kier alpha value is -0.310. The van der Waals surface area contributed by atoms with Gasteiger partial charge in [0, 0.05) is 6.07 Å². The molecular weight excluding hydrogens is 158 g/mol. The molecule has 0 radical (unpaired) electrons. The lowest BCUT2D eigenvalue weighted by molar-refractivity contribution is 0.394. The maximum atomic E-state index is 4.67. The van der Waals surface area contributed by atoms with Crippen molar-refractivity contribution in [2.75, 3.05) is 0 Å². The molecule has 1 aromatic rings. The van der Waals surface area contributed by atoms with E-state index in [4.69, 9.17) is 0 Å². The molecule has 0 unspecified atom stereocenters. The fraction of sp³-hybridized carbons (Fsp3) is 0.250. The first kappa shape index (κ1) is 4.84. The molecule has 0 atom stereocenters. The Morgan fingerprint density at radius 2 is 2.57 bits per heavy atom. The summed E-state index contributed by atoms with van der Waals surface area (Å²) < 4.78 is 5.42. The van der Waals surface area contributed by atoms with Crippen LogP contribution >= 0.6 is 15.9 Å². The van der Waals surface area contributed by atoms with Gasteiger partial charge < -0.3 is 4.52 Å². The average molecular weight is 162 g/mol. The van der Waals surface area contributed by atoms with E-state index in [0.717, 1.165) is 10.4 Å². The molecule has 3 heteroatoms. The van der Waals surface area contributed by atoms with Crippen molar-refractivity contribution in [2.24, 2.45) is 0 Å². The van der Waals surface area contributed by atoms with E-state index >= 15 is 0 Å². The second-order valence-corrected chi connectivity index (χ2v) is 2.07. The molecule has 0 saturated heterocycles. The maximum Gasteiger partial charge on any atom is 0.149 e. The summed E-state index contributed by atoms with van der Waals surface area (Å²) >= 11 is 3.13. The molecular formula is C4H4BrNO. The van der Waals surface area contributed by atoms with Gasteiger partial charge >= 0.3 is 0 Å². The van der Waals surface area contributed by atoms with E-state index in [1.807, 2.05) is 6.92 Å². The molecule has 0 aliphatic carbocycles. The third-order valence-electron chi connectivity index (χ3n) is 0.599. The van der Waals surface area contributed by atoms with Gasteiger partial charge in [0.25, 0.3) is 0 Å². The van der Waals surface area contributed by atoms with Crippen LogP contribution in [0.25, 0.3) is 0 Å². The van der Waals surface area contributed by atoms with Crippen molar-refractivity contribution in [2.45, 2.75) is 6.92 Å². The quantitative estimate of drug-likeness (QED) is 0.580. The highest BCUT2D eigenvalue weighted by atomic mass is 79.9. The first-order valence-electron chi connectivity index (χ1n) is 1.88. The second-order valence-electron chi connectivity index (χ2n) is 1.26. The SMILES string of the molecule is Cc1cc(Br)no1. The molecule has 0 aliphatic rings. The zero-order chi connectivity index (χ0) is 5.28. The molecule has 0 bridgehead atoms. The van der Waals surface area contributed by atoms with Crippen LogP contribution in [0, 0.1) is 6.92 Å². The van der Waals surface area contributed by atoms with Crippen molar-refractivity contribution in [1.82, 2.24) is 5.16 Å². The summed E-state index contributed by atoms with van der Waals surface area (Å²) in [4.78, 5) is 0. The fourth-order valence-electron chi connectivity index (χ4n) is 0.336. The highest BCUT2D eigenvalue weighted by Crippen LogP contribution is 2.07. The summed E-state index contributed by atoms with van der Waals surface area (Å²) in [5.74, 6) is 0.826. The van der Waals surface area contributed by atoms with Gasteiger partial charge in [-0.25, -0.2) is 0 Å². The first-order valence-corrected chi connectivity index (χ1v) is 2.67. The number of aryl methyl sites for hydroxylation is 1. The van der Waals surface area contributed by atoms with E-state index in [0.29, 0.717) is 0 Å². The number of halogens is 1. The molecule has 38 valence electrons. The lowest BCUT2D eigenvalue weighted by Gasteiger charge is -1.65. The second kappa shape index (κ2) is 1.66. The molecule has 0 amide bonds. The smallest absolute Gasteiger partial charge is 0.149 e. The van der Waals surface area contributed by atoms with Gasteiger partial charge in [-0.1, -0.05) is 5.16 Å². The summed E-state index contributed by atoms with van der Waals surface area (Å²) in [6.45, 7) is 1.84. The highest BCUT2D eigenvalue weighted by molar-refractivity contribution is 9.10. The predicted octanol–water partition coefficient (Wildman–Crippen LogP) is 1.75. The molecule has 1 rings (SSSR count). The Labute approximate surface area is 49.6 Å². The minimum atomic E-state index is 0.755. The Morgan fingerprint density at radius 3 is 2.71 bits per heavy atom. The standard InChI is InChI=1S/C4H4BrNO/c1-3-2-4(5)6-7-3/h2H,1H3. The first-order chi connectivity index (χ1) is 3.29. The lowest BCUT2D eigenvalue weighted by atomic mass is 10.5. The van der Waals surface area contributed by atoms with Crippen LogP contribution in [0.1, 0.15) is 5.76 Å². The van der Waals surface area contributed by atoms with Crippen molar-refractivity contribution in [3.8, 4) is 0 Å². The molecule has 0 aliphatic heterocycles. The van der Waals surface area contributed by atoms with E-state index in [2.05, 4.69) is 25.6 Å². The number of aromatic nitrogens is 1. The average Bonchev–Trinajstić information content (AvgIpc) is 1.87. The van der Waals surface area contributed by atoms with Gasteiger partial charge in [-0.2, -0.15) is 0 Å². The minimum absolute atomic E-state index is 0.755. The van der Waals surface area contributed by atoms with Crippen LogP contribution in [-0.2, 0) is 0 Å². The maximum absolute atomic E-state index is 4.67. The van der Waals surface area contributed by atoms with Crippen LogP contribution in [0.3, 0.4) is 0 Å². The summed E-state index contributed by atoms with van der Waals surface area (Å²) in [7, 11) is 0. The number of hydrogen-bond donors (Lipinski definition) is 0. The molecule has 2 nitrogen and oxygen atoms in total. The molecule has 7 heavy (non-hydrogen) atoms. The van der Waals surface area contributed by atoms with Gasteiger partial charge in [-0.15, -0.1) is 0 Å². The lowest BCUT2D eigenvalue weighted by Crippen LogP contribution is -1.51. The topological polar surface area (TPSA) is 26.0 Å². The van der Waals surface area contributed by atoms with E-state index < -0.39 is 0 Å². The van der Waals surface area contributed by atoms with Crippen LogP contribution in [-0.4, -0.2) is 5.16 Å². The van der Waals surface area contributed by atoms with Crippen LogP contribution in [0.2, 0.25) is 0 Å². The Morgan fingerprint density at radius 1 is 1.86 bits per heavy atom. The zero-order valence-electron chi connectivity index (χ0n) is 3.81. The van der Waals surface area contributed by atoms with Gasteiger partial charge in [0.05, 0.1) is 0 Å². The van der Waals surface area contributed by atoms with Crippen LogP contribution < -0.4 is 0 Å². The van der Waals surface area contributed by atoms with Crippen molar-refractivity contribution in [3.05, 3.63) is 16.4 Å². The molecule has 1 aromatic heterocycles. The molecule has 0 spiro atoms. The van der Waals surface area contributed by atoms with E-state index in [-0.39, 0.29) is 0 Å². The van der Waals surface area contributed by atoms with E-state index in [9.17, 15) is 0 Å². The van der Waals surface area contributed by atoms with Gasteiger partial charge in [0.1, 0.15) is 10.4 Å². The summed E-state index contributed by atoms with van der Waals surface area (Å²) in [5.41, 5.74) is 0. The molecule has 0 saturated carbocycles. The van der Waals surface area contributed by atoms with Crippen LogP contribution in [0.4, 0.5) is 0 Å². The predicted molar refractivity (Wildman–Crippen MR) is 28.9 cm³/mol. The normalized spacial score (nSPS) is 9.43. The van der Waals surface area contributed by atoms with Gasteiger partial charge in [0.2, 0.25) is 0 Å². The zero-order valence-corrected chi connectivity index (χ0v) is 5.40. The summed E-state index contributed by atoms with van der Waals surface area (Å²) in [6.07, 6.45) is 0. The van der Waals surface area contributed by atoms with Crippen LogP contribution in [0.5, 0.6) is 0 Å². The van der Waals surface area contributed by atoms with Gasteiger partial charge in [-0.3, -0.25) is 0 Å². The highest BCUT2D eigenvalue weighted by Gasteiger charge is 1.90. The molecule has 0 N–H and O–H groups in total. The molecule has 1 heterocycles. The summed E-state index contributed by atoms with van der Waals surface area (Å²) in [6, 6.07) is 1.81. The number of nitrogens with zero attached hydrogens (tertiary/aromatic N) is 1. The Balaban J connectivity index is 3.04. The Bertz CT molecular complexity index is 144. The van der Waals surface area contributed by atoms with E-state index in [1.54, 1.807) is 6.07 Å². The molecule has 0 aromatic carbocycles.